The van der Waals surface area contributed by atoms with Gasteiger partial charge in [-0.1, -0.05) is 12.1 Å². The van der Waals surface area contributed by atoms with Crippen molar-refractivity contribution in [2.45, 2.75) is 6.54 Å². The Morgan fingerprint density at radius 1 is 1.25 bits per heavy atom. The molecule has 0 aliphatic rings. The minimum Gasteiger partial charge on any atom is -0.545 e. The lowest BCUT2D eigenvalue weighted by atomic mass is 10.2. The van der Waals surface area contributed by atoms with Crippen molar-refractivity contribution in [2.75, 3.05) is 0 Å². The van der Waals surface area contributed by atoms with Crippen LogP contribution in [0.1, 0.15) is 5.56 Å². The van der Waals surface area contributed by atoms with E-state index in [0.717, 1.165) is 11.6 Å². The van der Waals surface area contributed by atoms with E-state index in [9.17, 15) is 19.1 Å². The number of carboxylic acid groups (broad SMARTS) is 1. The molecule has 0 radical (unpaired) electrons. The number of aliphatic carboxylic acids is 1. The summed E-state index contributed by atoms with van der Waals surface area (Å²) < 4.78 is 12.5. The molecule has 4 nitrogen and oxygen atoms in total. The van der Waals surface area contributed by atoms with Crippen molar-refractivity contribution in [2.24, 2.45) is 0 Å². The molecule has 1 N–H and O–H groups in total. The Morgan fingerprint density at radius 3 is 2.44 bits per heavy atom. The van der Waals surface area contributed by atoms with Crippen LogP contribution in [0.2, 0.25) is 0 Å². The fourth-order valence-electron chi connectivity index (χ4n) is 0.994. The quantitative estimate of drug-likeness (QED) is 0.714. The normalized spacial score (nSPS) is 10.3. The maximum absolute atomic E-state index is 12.5. The average Bonchev–Trinajstić information content (AvgIpc) is 2.25. The number of amides is 1. The molecule has 0 saturated carbocycles. The van der Waals surface area contributed by atoms with Crippen LogP contribution in [0.4, 0.5) is 4.39 Å². The van der Waals surface area contributed by atoms with E-state index >= 15 is 0 Å². The molecular weight excluding hydrogens is 213 g/mol. The van der Waals surface area contributed by atoms with Gasteiger partial charge < -0.3 is 15.2 Å². The molecule has 84 valence electrons. The fourth-order valence-corrected chi connectivity index (χ4v) is 0.994. The lowest BCUT2D eigenvalue weighted by Crippen LogP contribution is -2.23. The number of hydrogen-bond acceptors (Lipinski definition) is 3. The molecule has 0 atom stereocenters. The number of rotatable bonds is 4. The largest absolute Gasteiger partial charge is 0.545 e. The Hall–Kier alpha value is -2.17. The first-order chi connectivity index (χ1) is 7.58. The Balaban J connectivity index is 2.43. The number of benzene rings is 1. The zero-order valence-electron chi connectivity index (χ0n) is 8.27. The van der Waals surface area contributed by atoms with E-state index < -0.39 is 11.9 Å². The highest BCUT2D eigenvalue weighted by Crippen LogP contribution is 2.01. The summed E-state index contributed by atoms with van der Waals surface area (Å²) in [5.41, 5.74) is 0.719. The Bertz CT molecular complexity index is 412. The van der Waals surface area contributed by atoms with Crippen LogP contribution in [0.25, 0.3) is 0 Å². The first-order valence-electron chi connectivity index (χ1n) is 4.49. The molecule has 1 rings (SSSR count). The van der Waals surface area contributed by atoms with Gasteiger partial charge in [-0.25, -0.2) is 4.39 Å². The van der Waals surface area contributed by atoms with Crippen molar-refractivity contribution in [1.82, 2.24) is 5.32 Å². The molecule has 0 aromatic heterocycles. The van der Waals surface area contributed by atoms with Gasteiger partial charge in [-0.2, -0.15) is 0 Å². The summed E-state index contributed by atoms with van der Waals surface area (Å²) in [6.07, 6.45) is 1.50. The second-order valence-corrected chi connectivity index (χ2v) is 3.00. The third-order valence-corrected chi connectivity index (χ3v) is 1.75. The number of carbonyl (C=O) groups is 2. The second-order valence-electron chi connectivity index (χ2n) is 3.00. The molecule has 0 aliphatic heterocycles. The molecule has 1 aromatic rings. The van der Waals surface area contributed by atoms with Crippen molar-refractivity contribution in [1.29, 1.82) is 0 Å². The van der Waals surface area contributed by atoms with Gasteiger partial charge in [-0.15, -0.1) is 0 Å². The van der Waals surface area contributed by atoms with Crippen molar-refractivity contribution < 1.29 is 19.1 Å². The Kier molecular flexibility index (Phi) is 4.20. The monoisotopic (exact) mass is 222 g/mol. The van der Waals surface area contributed by atoms with Gasteiger partial charge in [0.05, 0.1) is 5.97 Å². The fraction of sp³-hybridized carbons (Fsp3) is 0.0909. The van der Waals surface area contributed by atoms with Crippen LogP contribution in [0.3, 0.4) is 0 Å². The molecule has 0 bridgehead atoms. The van der Waals surface area contributed by atoms with Crippen LogP contribution in [0.5, 0.6) is 0 Å². The van der Waals surface area contributed by atoms with E-state index in [1.54, 1.807) is 0 Å². The smallest absolute Gasteiger partial charge is 0.244 e. The summed E-state index contributed by atoms with van der Waals surface area (Å²) in [5.74, 6) is -2.34. The summed E-state index contributed by atoms with van der Waals surface area (Å²) in [5, 5.41) is 12.4. The number of carboxylic acids is 1. The zero-order valence-corrected chi connectivity index (χ0v) is 8.27. The molecule has 1 aromatic carbocycles. The third kappa shape index (κ3) is 4.36. The van der Waals surface area contributed by atoms with Crippen LogP contribution in [0, 0.1) is 5.82 Å². The predicted molar refractivity (Wildman–Crippen MR) is 52.4 cm³/mol. The zero-order chi connectivity index (χ0) is 12.0. The van der Waals surface area contributed by atoms with Crippen LogP contribution in [0.15, 0.2) is 36.4 Å². The van der Waals surface area contributed by atoms with E-state index in [1.165, 1.54) is 24.3 Å². The minimum atomic E-state index is -1.43. The summed E-state index contributed by atoms with van der Waals surface area (Å²) in [4.78, 5) is 21.0. The summed E-state index contributed by atoms with van der Waals surface area (Å²) >= 11 is 0. The molecule has 0 saturated heterocycles. The van der Waals surface area contributed by atoms with Gasteiger partial charge in [0.25, 0.3) is 0 Å². The first kappa shape index (κ1) is 11.9. The maximum atomic E-state index is 12.5. The highest BCUT2D eigenvalue weighted by Gasteiger charge is 1.96. The lowest BCUT2D eigenvalue weighted by Gasteiger charge is -2.02. The maximum Gasteiger partial charge on any atom is 0.244 e. The molecule has 0 spiro atoms. The topological polar surface area (TPSA) is 69.2 Å². The highest BCUT2D eigenvalue weighted by atomic mass is 19.1. The number of hydrogen-bond donors (Lipinski definition) is 1. The minimum absolute atomic E-state index is 0.205. The van der Waals surface area contributed by atoms with Crippen LogP contribution >= 0.6 is 0 Å². The van der Waals surface area contributed by atoms with Gasteiger partial charge in [-0.05, 0) is 23.8 Å². The van der Waals surface area contributed by atoms with Crippen molar-refractivity contribution in [3.05, 3.63) is 47.8 Å². The Labute approximate surface area is 91.4 Å². The van der Waals surface area contributed by atoms with E-state index in [1.807, 2.05) is 0 Å². The van der Waals surface area contributed by atoms with Crippen molar-refractivity contribution >= 4 is 11.9 Å². The lowest BCUT2D eigenvalue weighted by molar-refractivity contribution is -0.297. The van der Waals surface area contributed by atoms with Crippen molar-refractivity contribution in [3.8, 4) is 0 Å². The molecule has 0 aliphatic carbocycles. The first-order valence-corrected chi connectivity index (χ1v) is 4.49. The van der Waals surface area contributed by atoms with Crippen LogP contribution in [-0.2, 0) is 16.1 Å². The molecule has 16 heavy (non-hydrogen) atoms. The van der Waals surface area contributed by atoms with Gasteiger partial charge in [0.15, 0.2) is 0 Å². The van der Waals surface area contributed by atoms with E-state index in [-0.39, 0.29) is 12.4 Å². The molecule has 0 fully saturated rings. The number of carbonyl (C=O) groups excluding carboxylic acids is 2. The van der Waals surface area contributed by atoms with Crippen LogP contribution < -0.4 is 10.4 Å². The molecule has 5 heteroatoms. The molecule has 1 amide bonds. The second kappa shape index (κ2) is 5.65. The van der Waals surface area contributed by atoms with Gasteiger partial charge in [-0.3, -0.25) is 4.79 Å². The number of nitrogens with one attached hydrogen (secondary N) is 1. The predicted octanol–water partition coefficient (Wildman–Crippen LogP) is -0.252. The van der Waals surface area contributed by atoms with Crippen molar-refractivity contribution in [3.63, 3.8) is 0 Å². The van der Waals surface area contributed by atoms with E-state index in [4.69, 9.17) is 0 Å². The summed E-state index contributed by atoms with van der Waals surface area (Å²) in [6.45, 7) is 0.205. The van der Waals surface area contributed by atoms with Gasteiger partial charge in [0.2, 0.25) is 5.91 Å². The highest BCUT2D eigenvalue weighted by molar-refractivity contribution is 5.93. The van der Waals surface area contributed by atoms with Gasteiger partial charge in [0, 0.05) is 12.6 Å². The summed E-state index contributed by atoms with van der Waals surface area (Å²) in [6, 6.07) is 5.60. The SMILES string of the molecule is O=C([O-])/C=C/C(=O)NCc1ccc(F)cc1. The van der Waals surface area contributed by atoms with E-state index in [0.29, 0.717) is 6.08 Å². The number of halogens is 1. The summed E-state index contributed by atoms with van der Waals surface area (Å²) in [7, 11) is 0. The van der Waals surface area contributed by atoms with E-state index in [2.05, 4.69) is 5.32 Å². The molecular formula is C11H9FNO3-. The third-order valence-electron chi connectivity index (χ3n) is 1.75. The average molecular weight is 222 g/mol. The van der Waals surface area contributed by atoms with Gasteiger partial charge >= 0.3 is 0 Å². The standard InChI is InChI=1S/C11H10FNO3/c12-9-3-1-8(2-4-9)7-13-10(14)5-6-11(15)16/h1-6H,7H2,(H,13,14)(H,15,16)/p-1/b6-5+. The van der Waals surface area contributed by atoms with Gasteiger partial charge in [0.1, 0.15) is 5.82 Å². The Morgan fingerprint density at radius 2 is 1.88 bits per heavy atom. The molecule has 0 unspecified atom stereocenters. The molecule has 0 heterocycles. The van der Waals surface area contributed by atoms with Crippen LogP contribution in [-0.4, -0.2) is 11.9 Å².